The molecule has 0 bridgehead atoms. The summed E-state index contributed by atoms with van der Waals surface area (Å²) in [5.41, 5.74) is 0. The number of thioether (sulfide) groups is 1. The van der Waals surface area contributed by atoms with Crippen LogP contribution >= 0.6 is 35.0 Å². The van der Waals surface area contributed by atoms with Gasteiger partial charge in [0.25, 0.3) is 15.9 Å². The summed E-state index contributed by atoms with van der Waals surface area (Å²) in [5.74, 6) is 0.350. The molecule has 24 heavy (non-hydrogen) atoms. The molecule has 1 heterocycles. The van der Waals surface area contributed by atoms with Crippen LogP contribution in [0.4, 0.5) is 5.82 Å². The van der Waals surface area contributed by atoms with E-state index in [1.54, 1.807) is 0 Å². The van der Waals surface area contributed by atoms with Crippen LogP contribution in [0.25, 0.3) is 0 Å². The average molecular weight is 410 g/mol. The van der Waals surface area contributed by atoms with Crippen molar-refractivity contribution in [2.24, 2.45) is 0 Å². The Morgan fingerprint density at radius 2 is 2.12 bits per heavy atom. The molecule has 7 nitrogen and oxygen atoms in total. The fraction of sp³-hybridized carbons (Fsp3) is 0.231. The molecule has 0 atom stereocenters. The highest BCUT2D eigenvalue weighted by Crippen LogP contribution is 2.31. The van der Waals surface area contributed by atoms with Gasteiger partial charge in [0.05, 0.1) is 30.0 Å². The van der Waals surface area contributed by atoms with Crippen molar-refractivity contribution in [3.8, 4) is 5.88 Å². The lowest BCUT2D eigenvalue weighted by Crippen LogP contribution is -2.16. The second-order valence-electron chi connectivity index (χ2n) is 4.30. The lowest BCUT2D eigenvalue weighted by atomic mass is 10.4. The molecule has 0 amide bonds. The van der Waals surface area contributed by atoms with Crippen molar-refractivity contribution < 1.29 is 18.3 Å². The monoisotopic (exact) mass is 409 g/mol. The van der Waals surface area contributed by atoms with Crippen molar-refractivity contribution in [1.82, 2.24) is 9.97 Å². The molecule has 130 valence electrons. The lowest BCUT2D eigenvalue weighted by Gasteiger charge is -2.12. The molecule has 0 aliphatic carbocycles. The van der Waals surface area contributed by atoms with Crippen molar-refractivity contribution >= 4 is 50.8 Å². The highest BCUT2D eigenvalue weighted by Gasteiger charge is 2.22. The van der Waals surface area contributed by atoms with E-state index in [1.165, 1.54) is 43.3 Å². The molecule has 1 aromatic carbocycles. The number of aliphatic hydroxyl groups excluding tert-OH is 1. The number of methoxy groups -OCH3 is 1. The molecule has 1 aromatic heterocycles. The first-order valence-electron chi connectivity index (χ1n) is 6.50. The minimum absolute atomic E-state index is 0.000310. The molecule has 2 rings (SSSR count). The summed E-state index contributed by atoms with van der Waals surface area (Å²) in [4.78, 5) is 7.96. The molecule has 11 heteroatoms. The average Bonchev–Trinajstić information content (AvgIpc) is 2.56. The number of aliphatic hydroxyl groups is 1. The molecule has 0 fully saturated rings. The van der Waals surface area contributed by atoms with Gasteiger partial charge in [0.15, 0.2) is 0 Å². The number of benzene rings is 1. The number of hydrogen-bond acceptors (Lipinski definition) is 7. The van der Waals surface area contributed by atoms with Crippen molar-refractivity contribution in [1.29, 1.82) is 0 Å². The largest absolute Gasteiger partial charge is 0.478 e. The van der Waals surface area contributed by atoms with Crippen molar-refractivity contribution in [3.05, 3.63) is 34.4 Å². The third-order valence-corrected chi connectivity index (χ3v) is 5.88. The quantitative estimate of drug-likeness (QED) is 0.677. The highest BCUT2D eigenvalue weighted by atomic mass is 35.5. The summed E-state index contributed by atoms with van der Waals surface area (Å²) in [6.45, 7) is -0.0176. The van der Waals surface area contributed by atoms with Gasteiger partial charge in [0, 0.05) is 5.75 Å². The second kappa shape index (κ2) is 8.21. The van der Waals surface area contributed by atoms with Crippen LogP contribution in [-0.2, 0) is 10.0 Å². The molecule has 0 saturated heterocycles. The van der Waals surface area contributed by atoms with E-state index in [2.05, 4.69) is 14.7 Å². The summed E-state index contributed by atoms with van der Waals surface area (Å²) < 4.78 is 32.3. The van der Waals surface area contributed by atoms with Gasteiger partial charge in [-0.15, -0.1) is 11.8 Å². The minimum atomic E-state index is -4.02. The number of halogens is 2. The fourth-order valence-corrected chi connectivity index (χ4v) is 4.01. The SMILES string of the molecule is COc1nc(SCCO)cnc1NS(=O)(=O)c1cccc(Cl)c1Cl. The van der Waals surface area contributed by atoms with Gasteiger partial charge >= 0.3 is 0 Å². The van der Waals surface area contributed by atoms with Crippen molar-refractivity contribution in [2.45, 2.75) is 9.92 Å². The topological polar surface area (TPSA) is 101 Å². The number of nitrogens with zero attached hydrogens (tertiary/aromatic N) is 2. The third kappa shape index (κ3) is 4.42. The molecule has 0 spiro atoms. The van der Waals surface area contributed by atoms with Gasteiger partial charge < -0.3 is 9.84 Å². The zero-order valence-electron chi connectivity index (χ0n) is 12.4. The lowest BCUT2D eigenvalue weighted by molar-refractivity contribution is 0.322. The smallest absolute Gasteiger partial charge is 0.264 e. The number of aromatic nitrogens is 2. The highest BCUT2D eigenvalue weighted by molar-refractivity contribution is 7.99. The number of sulfonamides is 1. The Morgan fingerprint density at radius 1 is 1.38 bits per heavy atom. The zero-order valence-corrected chi connectivity index (χ0v) is 15.5. The first kappa shape index (κ1) is 19.1. The van der Waals surface area contributed by atoms with E-state index >= 15 is 0 Å². The number of nitrogens with one attached hydrogen (secondary N) is 1. The molecule has 2 aromatic rings. The van der Waals surface area contributed by atoms with Gasteiger partial charge in [-0.2, -0.15) is 0 Å². The number of rotatable bonds is 7. The van der Waals surface area contributed by atoms with E-state index in [9.17, 15) is 8.42 Å². The summed E-state index contributed by atoms with van der Waals surface area (Å²) in [5, 5.41) is 9.34. The Kier molecular flexibility index (Phi) is 6.53. The van der Waals surface area contributed by atoms with Crippen LogP contribution in [0.2, 0.25) is 10.0 Å². The minimum Gasteiger partial charge on any atom is -0.478 e. The van der Waals surface area contributed by atoms with Crippen LogP contribution in [0, 0.1) is 0 Å². The first-order valence-corrected chi connectivity index (χ1v) is 9.73. The van der Waals surface area contributed by atoms with Crippen LogP contribution < -0.4 is 9.46 Å². The number of hydrogen-bond donors (Lipinski definition) is 2. The van der Waals surface area contributed by atoms with E-state index in [0.717, 1.165) is 0 Å². The van der Waals surface area contributed by atoms with Crippen LogP contribution in [0.3, 0.4) is 0 Å². The second-order valence-corrected chi connectivity index (χ2v) is 7.85. The Bertz CT molecular complexity index is 834. The van der Waals surface area contributed by atoms with Gasteiger partial charge in [0.1, 0.15) is 9.92 Å². The van der Waals surface area contributed by atoms with Crippen molar-refractivity contribution in [2.75, 3.05) is 24.2 Å². The maximum absolute atomic E-state index is 12.5. The molecule has 0 unspecified atom stereocenters. The Balaban J connectivity index is 2.34. The van der Waals surface area contributed by atoms with E-state index in [-0.39, 0.29) is 33.2 Å². The molecule has 0 aliphatic rings. The Labute approximate surface area is 153 Å². The third-order valence-electron chi connectivity index (χ3n) is 2.69. The predicted octanol–water partition coefficient (Wildman–Crippen LogP) is 2.68. The number of anilines is 1. The van der Waals surface area contributed by atoms with Gasteiger partial charge in [-0.05, 0) is 12.1 Å². The summed E-state index contributed by atoms with van der Waals surface area (Å²) >= 11 is 13.1. The molecule has 2 N–H and O–H groups in total. The molecular weight excluding hydrogens is 397 g/mol. The van der Waals surface area contributed by atoms with Gasteiger partial charge in [-0.3, -0.25) is 4.72 Å². The van der Waals surface area contributed by atoms with Crippen LogP contribution in [0.15, 0.2) is 34.3 Å². The van der Waals surface area contributed by atoms with E-state index in [1.807, 2.05) is 0 Å². The zero-order chi connectivity index (χ0) is 17.7. The van der Waals surface area contributed by atoms with Gasteiger partial charge in [0.2, 0.25) is 5.82 Å². The van der Waals surface area contributed by atoms with Crippen LogP contribution in [0.5, 0.6) is 5.88 Å². The molecule has 0 aliphatic heterocycles. The summed E-state index contributed by atoms with van der Waals surface area (Å²) in [7, 11) is -2.68. The van der Waals surface area contributed by atoms with E-state index in [0.29, 0.717) is 10.8 Å². The first-order chi connectivity index (χ1) is 11.4. The number of ether oxygens (including phenoxy) is 1. The van der Waals surface area contributed by atoms with Gasteiger partial charge in [-0.1, -0.05) is 29.3 Å². The Morgan fingerprint density at radius 3 is 2.79 bits per heavy atom. The maximum Gasteiger partial charge on any atom is 0.264 e. The summed E-state index contributed by atoms with van der Waals surface area (Å²) in [6, 6.07) is 4.28. The standard InChI is InChI=1S/C13H13Cl2N3O4S2/c1-22-13-12(16-7-10(17-13)23-6-5-19)18-24(20,21)9-4-2-3-8(14)11(9)15/h2-4,7,19H,5-6H2,1H3,(H,16,18). The molecular formula is C13H13Cl2N3O4S2. The molecule has 0 saturated carbocycles. The van der Waals surface area contributed by atoms with Crippen LogP contribution in [0.1, 0.15) is 0 Å². The van der Waals surface area contributed by atoms with E-state index < -0.39 is 10.0 Å². The normalized spacial score (nSPS) is 11.3. The Hall–Kier alpha value is -1.26. The fourth-order valence-electron chi connectivity index (χ4n) is 1.66. The summed E-state index contributed by atoms with van der Waals surface area (Å²) in [6.07, 6.45) is 1.38. The van der Waals surface area contributed by atoms with E-state index in [4.69, 9.17) is 33.0 Å². The maximum atomic E-state index is 12.5. The molecule has 0 radical (unpaired) electrons. The predicted molar refractivity (Wildman–Crippen MR) is 93.7 cm³/mol. The van der Waals surface area contributed by atoms with Gasteiger partial charge in [-0.25, -0.2) is 18.4 Å². The van der Waals surface area contributed by atoms with Crippen LogP contribution in [-0.4, -0.2) is 43.0 Å². The van der Waals surface area contributed by atoms with Crippen molar-refractivity contribution in [3.63, 3.8) is 0 Å².